The number of hydrogen-bond donors (Lipinski definition) is 1. The molecule has 0 aliphatic heterocycles. The number of aryl methyl sites for hydroxylation is 2. The second-order valence-electron chi connectivity index (χ2n) is 5.23. The first-order valence-corrected chi connectivity index (χ1v) is 7.90. The average molecular weight is 308 g/mol. The van der Waals surface area contributed by atoms with Gasteiger partial charge in [-0.2, -0.15) is 0 Å². The van der Waals surface area contributed by atoms with Gasteiger partial charge in [0.1, 0.15) is 0 Å². The van der Waals surface area contributed by atoms with E-state index in [9.17, 15) is 4.79 Å². The minimum absolute atomic E-state index is 0.124. The molecule has 110 valence electrons. The lowest BCUT2D eigenvalue weighted by atomic mass is 10.1. The number of nitrogens with zero attached hydrogens (tertiary/aromatic N) is 1. The van der Waals surface area contributed by atoms with Crippen LogP contribution in [0.2, 0.25) is 0 Å². The molecule has 0 atom stereocenters. The van der Waals surface area contributed by atoms with Crippen LogP contribution in [0, 0.1) is 13.8 Å². The van der Waals surface area contributed by atoms with E-state index in [1.165, 1.54) is 11.3 Å². The maximum atomic E-state index is 12.3. The lowest BCUT2D eigenvalue weighted by Gasteiger charge is -2.04. The van der Waals surface area contributed by atoms with Gasteiger partial charge in [0.15, 0.2) is 5.13 Å². The minimum Gasteiger partial charge on any atom is -0.298 e. The standard InChI is InChI=1S/C18H16N2OS/c1-12-8-13(2)10-15(9-12)17(21)20-18-19-16(11-22-18)14-6-4-3-5-7-14/h3-11H,1-2H3,(H,19,20,21). The summed E-state index contributed by atoms with van der Waals surface area (Å²) >= 11 is 1.43. The number of rotatable bonds is 3. The molecule has 1 amide bonds. The van der Waals surface area contributed by atoms with Gasteiger partial charge in [-0.05, 0) is 26.0 Å². The van der Waals surface area contributed by atoms with Crippen molar-refractivity contribution in [1.82, 2.24) is 4.98 Å². The van der Waals surface area contributed by atoms with Gasteiger partial charge in [-0.1, -0.05) is 47.5 Å². The van der Waals surface area contributed by atoms with Crippen molar-refractivity contribution in [3.8, 4) is 11.3 Å². The van der Waals surface area contributed by atoms with Gasteiger partial charge in [-0.25, -0.2) is 4.98 Å². The normalized spacial score (nSPS) is 10.5. The molecule has 2 aromatic carbocycles. The Labute approximate surface area is 133 Å². The molecule has 3 nitrogen and oxygen atoms in total. The number of aromatic nitrogens is 1. The number of anilines is 1. The van der Waals surface area contributed by atoms with Crippen LogP contribution >= 0.6 is 11.3 Å². The summed E-state index contributed by atoms with van der Waals surface area (Å²) in [6, 6.07) is 15.7. The van der Waals surface area contributed by atoms with E-state index in [4.69, 9.17) is 0 Å². The first-order chi connectivity index (χ1) is 10.6. The van der Waals surface area contributed by atoms with E-state index in [2.05, 4.69) is 10.3 Å². The van der Waals surface area contributed by atoms with Gasteiger partial charge in [0.2, 0.25) is 0 Å². The number of thiazole rings is 1. The number of hydrogen-bond acceptors (Lipinski definition) is 3. The zero-order chi connectivity index (χ0) is 15.5. The predicted octanol–water partition coefficient (Wildman–Crippen LogP) is 4.68. The van der Waals surface area contributed by atoms with Crippen molar-refractivity contribution in [3.63, 3.8) is 0 Å². The van der Waals surface area contributed by atoms with Gasteiger partial charge >= 0.3 is 0 Å². The molecule has 0 aliphatic rings. The fourth-order valence-corrected chi connectivity index (χ4v) is 3.06. The highest BCUT2D eigenvalue weighted by molar-refractivity contribution is 7.14. The second-order valence-corrected chi connectivity index (χ2v) is 6.09. The molecule has 1 heterocycles. The fraction of sp³-hybridized carbons (Fsp3) is 0.111. The van der Waals surface area contributed by atoms with Crippen LogP contribution in [0.4, 0.5) is 5.13 Å². The van der Waals surface area contributed by atoms with Crippen LogP contribution in [-0.2, 0) is 0 Å². The van der Waals surface area contributed by atoms with Crippen molar-refractivity contribution >= 4 is 22.4 Å². The zero-order valence-electron chi connectivity index (χ0n) is 12.5. The third-order valence-corrected chi connectivity index (χ3v) is 4.04. The van der Waals surface area contributed by atoms with Crippen LogP contribution in [0.5, 0.6) is 0 Å². The maximum absolute atomic E-state index is 12.3. The first-order valence-electron chi connectivity index (χ1n) is 7.02. The summed E-state index contributed by atoms with van der Waals surface area (Å²) in [6.07, 6.45) is 0. The number of benzene rings is 2. The third kappa shape index (κ3) is 3.23. The molecule has 0 fully saturated rings. The Balaban J connectivity index is 1.79. The average Bonchev–Trinajstić information content (AvgIpc) is 2.95. The molecular weight excluding hydrogens is 292 g/mol. The molecule has 0 saturated carbocycles. The van der Waals surface area contributed by atoms with Crippen LogP contribution < -0.4 is 5.32 Å². The monoisotopic (exact) mass is 308 g/mol. The van der Waals surface area contributed by atoms with Crippen LogP contribution in [0.15, 0.2) is 53.9 Å². The van der Waals surface area contributed by atoms with Crippen molar-refractivity contribution in [2.24, 2.45) is 0 Å². The summed E-state index contributed by atoms with van der Waals surface area (Å²) in [5, 5.41) is 5.44. The summed E-state index contributed by atoms with van der Waals surface area (Å²) in [6.45, 7) is 3.97. The van der Waals surface area contributed by atoms with Crippen molar-refractivity contribution in [3.05, 3.63) is 70.6 Å². The van der Waals surface area contributed by atoms with Crippen LogP contribution in [0.3, 0.4) is 0 Å². The summed E-state index contributed by atoms with van der Waals surface area (Å²) in [5.74, 6) is -0.124. The largest absolute Gasteiger partial charge is 0.298 e. The Hall–Kier alpha value is -2.46. The Morgan fingerprint density at radius 1 is 1.05 bits per heavy atom. The quantitative estimate of drug-likeness (QED) is 0.763. The number of carbonyl (C=O) groups excluding carboxylic acids is 1. The first kappa shape index (κ1) is 14.5. The highest BCUT2D eigenvalue weighted by Gasteiger charge is 2.10. The van der Waals surface area contributed by atoms with Gasteiger partial charge in [0.25, 0.3) is 5.91 Å². The number of amides is 1. The molecule has 22 heavy (non-hydrogen) atoms. The minimum atomic E-state index is -0.124. The molecule has 1 aromatic heterocycles. The number of nitrogens with one attached hydrogen (secondary N) is 1. The molecule has 0 radical (unpaired) electrons. The molecule has 1 N–H and O–H groups in total. The van der Waals surface area contributed by atoms with Crippen LogP contribution in [0.25, 0.3) is 11.3 Å². The Morgan fingerprint density at radius 2 is 1.73 bits per heavy atom. The van der Waals surface area contributed by atoms with Gasteiger partial charge in [0.05, 0.1) is 5.69 Å². The topological polar surface area (TPSA) is 42.0 Å². The van der Waals surface area contributed by atoms with Gasteiger partial charge in [0, 0.05) is 16.5 Å². The van der Waals surface area contributed by atoms with E-state index in [1.54, 1.807) is 0 Å². The van der Waals surface area contributed by atoms with Gasteiger partial charge in [-0.15, -0.1) is 11.3 Å². The summed E-state index contributed by atoms with van der Waals surface area (Å²) in [5.41, 5.74) is 4.74. The smallest absolute Gasteiger partial charge is 0.257 e. The van der Waals surface area contributed by atoms with E-state index in [0.29, 0.717) is 10.7 Å². The molecule has 0 saturated heterocycles. The highest BCUT2D eigenvalue weighted by atomic mass is 32.1. The van der Waals surface area contributed by atoms with Crippen LogP contribution in [0.1, 0.15) is 21.5 Å². The van der Waals surface area contributed by atoms with E-state index in [-0.39, 0.29) is 5.91 Å². The van der Waals surface area contributed by atoms with Crippen molar-refractivity contribution in [1.29, 1.82) is 0 Å². The highest BCUT2D eigenvalue weighted by Crippen LogP contribution is 2.25. The second kappa shape index (κ2) is 6.12. The molecule has 4 heteroatoms. The van der Waals surface area contributed by atoms with E-state index in [1.807, 2.05) is 67.8 Å². The van der Waals surface area contributed by atoms with Gasteiger partial charge in [-0.3, -0.25) is 10.1 Å². The maximum Gasteiger partial charge on any atom is 0.257 e. The summed E-state index contributed by atoms with van der Waals surface area (Å²) in [4.78, 5) is 16.8. The lowest BCUT2D eigenvalue weighted by molar-refractivity contribution is 0.102. The summed E-state index contributed by atoms with van der Waals surface area (Å²) < 4.78 is 0. The fourth-order valence-electron chi connectivity index (χ4n) is 2.35. The Bertz CT molecular complexity index is 789. The molecule has 3 aromatic rings. The van der Waals surface area contributed by atoms with Crippen LogP contribution in [-0.4, -0.2) is 10.9 Å². The molecule has 0 bridgehead atoms. The third-order valence-electron chi connectivity index (χ3n) is 3.28. The molecule has 0 spiro atoms. The van der Waals surface area contributed by atoms with E-state index in [0.717, 1.165) is 22.4 Å². The molecular formula is C18H16N2OS. The SMILES string of the molecule is Cc1cc(C)cc(C(=O)Nc2nc(-c3ccccc3)cs2)c1. The van der Waals surface area contributed by atoms with E-state index < -0.39 is 0 Å². The number of carbonyl (C=O) groups is 1. The zero-order valence-corrected chi connectivity index (χ0v) is 13.3. The molecule has 0 unspecified atom stereocenters. The lowest BCUT2D eigenvalue weighted by Crippen LogP contribution is -2.12. The van der Waals surface area contributed by atoms with Crippen molar-refractivity contribution in [2.45, 2.75) is 13.8 Å². The van der Waals surface area contributed by atoms with Crippen molar-refractivity contribution in [2.75, 3.05) is 5.32 Å². The Morgan fingerprint density at radius 3 is 2.41 bits per heavy atom. The Kier molecular flexibility index (Phi) is 4.02. The van der Waals surface area contributed by atoms with E-state index >= 15 is 0 Å². The molecule has 3 rings (SSSR count). The molecule has 0 aliphatic carbocycles. The van der Waals surface area contributed by atoms with Crippen molar-refractivity contribution < 1.29 is 4.79 Å². The predicted molar refractivity (Wildman–Crippen MR) is 91.4 cm³/mol. The van der Waals surface area contributed by atoms with Gasteiger partial charge < -0.3 is 0 Å². The summed E-state index contributed by atoms with van der Waals surface area (Å²) in [7, 11) is 0.